The third-order valence-corrected chi connectivity index (χ3v) is 5.30. The van der Waals surface area contributed by atoms with Crippen molar-refractivity contribution in [3.8, 4) is 11.3 Å². The van der Waals surface area contributed by atoms with E-state index in [4.69, 9.17) is 20.8 Å². The van der Waals surface area contributed by atoms with Gasteiger partial charge < -0.3 is 14.5 Å². The second kappa shape index (κ2) is 12.2. The van der Waals surface area contributed by atoms with Gasteiger partial charge in [-0.15, -0.1) is 0 Å². The summed E-state index contributed by atoms with van der Waals surface area (Å²) < 4.78 is 10.9. The highest BCUT2D eigenvalue weighted by molar-refractivity contribution is 6.31. The Bertz CT molecular complexity index is 1250. The van der Waals surface area contributed by atoms with E-state index >= 15 is 0 Å². The molecule has 0 saturated carbocycles. The number of esters is 1. The van der Waals surface area contributed by atoms with Gasteiger partial charge in [0.25, 0.3) is 11.8 Å². The molecule has 0 spiro atoms. The molecule has 0 aliphatic rings. The fraction of sp³-hybridized carbons (Fsp3) is 0.259. The molecule has 3 rings (SSSR count). The first-order valence-electron chi connectivity index (χ1n) is 11.4. The van der Waals surface area contributed by atoms with Crippen molar-refractivity contribution in [2.75, 3.05) is 0 Å². The number of hydrazone groups is 1. The summed E-state index contributed by atoms with van der Waals surface area (Å²) in [6.45, 7) is 7.22. The zero-order valence-electron chi connectivity index (χ0n) is 20.4. The van der Waals surface area contributed by atoms with E-state index in [1.807, 2.05) is 13.8 Å². The van der Waals surface area contributed by atoms with Crippen LogP contribution in [-0.2, 0) is 9.53 Å². The molecule has 1 heterocycles. The zero-order chi connectivity index (χ0) is 26.2. The Morgan fingerprint density at radius 3 is 2.33 bits per heavy atom. The predicted octanol–water partition coefficient (Wildman–Crippen LogP) is 5.07. The van der Waals surface area contributed by atoms with Crippen molar-refractivity contribution in [2.24, 2.45) is 11.0 Å². The molecule has 0 fully saturated rings. The minimum atomic E-state index is -0.804. The maximum absolute atomic E-state index is 12.7. The fourth-order valence-corrected chi connectivity index (χ4v) is 3.44. The molecule has 0 saturated heterocycles. The number of nitrogens with zero attached hydrogens (tertiary/aromatic N) is 1. The van der Waals surface area contributed by atoms with Crippen molar-refractivity contribution >= 4 is 35.6 Å². The molecule has 9 heteroatoms. The largest absolute Gasteiger partial charge is 0.459 e. The van der Waals surface area contributed by atoms with Crippen molar-refractivity contribution in [3.05, 3.63) is 82.6 Å². The van der Waals surface area contributed by atoms with Crippen LogP contribution in [0.25, 0.3) is 11.3 Å². The summed E-state index contributed by atoms with van der Waals surface area (Å²) in [4.78, 5) is 37.2. The third kappa shape index (κ3) is 7.29. The van der Waals surface area contributed by atoms with Crippen LogP contribution in [0.3, 0.4) is 0 Å². The summed E-state index contributed by atoms with van der Waals surface area (Å²) in [6, 6.07) is 16.0. The molecular weight excluding hydrogens is 482 g/mol. The summed E-state index contributed by atoms with van der Waals surface area (Å²) in [5.74, 6) is -0.456. The van der Waals surface area contributed by atoms with Gasteiger partial charge in [-0.25, -0.2) is 10.2 Å². The van der Waals surface area contributed by atoms with E-state index in [1.165, 1.54) is 12.3 Å². The number of hydrogen-bond acceptors (Lipinski definition) is 6. The second-order valence-corrected chi connectivity index (χ2v) is 9.11. The normalized spacial score (nSPS) is 12.1. The van der Waals surface area contributed by atoms with Crippen molar-refractivity contribution in [2.45, 2.75) is 39.8 Å². The molecule has 0 radical (unpaired) electrons. The number of rotatable bonds is 9. The van der Waals surface area contributed by atoms with E-state index in [0.29, 0.717) is 27.7 Å². The average Bonchev–Trinajstić information content (AvgIpc) is 3.30. The molecule has 1 atom stereocenters. The van der Waals surface area contributed by atoms with Gasteiger partial charge in [0.05, 0.1) is 17.9 Å². The van der Waals surface area contributed by atoms with Crippen molar-refractivity contribution in [3.63, 3.8) is 0 Å². The minimum Gasteiger partial charge on any atom is -0.459 e. The molecule has 3 aromatic rings. The molecule has 36 heavy (non-hydrogen) atoms. The van der Waals surface area contributed by atoms with Gasteiger partial charge in [0.2, 0.25) is 0 Å². The Labute approximate surface area is 214 Å². The van der Waals surface area contributed by atoms with Crippen LogP contribution < -0.4 is 10.7 Å². The first kappa shape index (κ1) is 26.7. The van der Waals surface area contributed by atoms with Crippen LogP contribution in [0.1, 0.15) is 54.2 Å². The van der Waals surface area contributed by atoms with Gasteiger partial charge in [0.15, 0.2) is 0 Å². The molecule has 0 bridgehead atoms. The van der Waals surface area contributed by atoms with Crippen LogP contribution >= 0.6 is 11.6 Å². The Kier molecular flexibility index (Phi) is 9.02. The standard InChI is InChI=1S/C27H28ClN3O5/c1-16(2)24(30-25(32)20-6-5-7-21(28)14-20)26(33)31-29-15-22-12-13-23(36-22)18-8-10-19(11-9-18)27(34)35-17(3)4/h5-17,24H,1-4H3,(H,30,32)(H,31,33)/b29-15-. The third-order valence-electron chi connectivity index (χ3n) is 5.06. The highest BCUT2D eigenvalue weighted by atomic mass is 35.5. The van der Waals surface area contributed by atoms with Gasteiger partial charge >= 0.3 is 5.97 Å². The van der Waals surface area contributed by atoms with Gasteiger partial charge in [0.1, 0.15) is 17.6 Å². The molecule has 1 aromatic heterocycles. The highest BCUT2D eigenvalue weighted by Crippen LogP contribution is 2.22. The van der Waals surface area contributed by atoms with Crippen molar-refractivity contribution in [1.82, 2.24) is 10.7 Å². The van der Waals surface area contributed by atoms with Crippen LogP contribution in [0.5, 0.6) is 0 Å². The zero-order valence-corrected chi connectivity index (χ0v) is 21.2. The second-order valence-electron chi connectivity index (χ2n) is 8.67. The summed E-state index contributed by atoms with van der Waals surface area (Å²) in [5, 5.41) is 7.11. The number of nitrogens with one attached hydrogen (secondary N) is 2. The topological polar surface area (TPSA) is 110 Å². The first-order valence-corrected chi connectivity index (χ1v) is 11.8. The molecule has 0 aliphatic heterocycles. The number of hydrogen-bond donors (Lipinski definition) is 2. The number of furan rings is 1. The molecule has 2 amide bonds. The van der Waals surface area contributed by atoms with Crippen LogP contribution in [0.15, 0.2) is 70.2 Å². The van der Waals surface area contributed by atoms with Gasteiger partial charge in [-0.2, -0.15) is 5.10 Å². The SMILES string of the molecule is CC(C)OC(=O)c1ccc(-c2ccc(/C=N\NC(=O)C(NC(=O)c3cccc(Cl)c3)C(C)C)o2)cc1. The number of carbonyl (C=O) groups is 3. The summed E-state index contributed by atoms with van der Waals surface area (Å²) in [7, 11) is 0. The van der Waals surface area contributed by atoms with E-state index in [1.54, 1.807) is 68.4 Å². The summed E-state index contributed by atoms with van der Waals surface area (Å²) in [5.41, 5.74) is 4.02. The van der Waals surface area contributed by atoms with Gasteiger partial charge in [0, 0.05) is 16.1 Å². The maximum atomic E-state index is 12.7. The lowest BCUT2D eigenvalue weighted by Gasteiger charge is -2.20. The smallest absolute Gasteiger partial charge is 0.338 e. The van der Waals surface area contributed by atoms with E-state index in [2.05, 4.69) is 15.8 Å². The van der Waals surface area contributed by atoms with Crippen LogP contribution in [0.4, 0.5) is 0 Å². The quantitative estimate of drug-likeness (QED) is 0.238. The van der Waals surface area contributed by atoms with Crippen molar-refractivity contribution in [1.29, 1.82) is 0 Å². The fourth-order valence-electron chi connectivity index (χ4n) is 3.25. The molecule has 2 aromatic carbocycles. The lowest BCUT2D eigenvalue weighted by molar-refractivity contribution is -0.123. The Morgan fingerprint density at radius 2 is 1.69 bits per heavy atom. The number of carbonyl (C=O) groups excluding carboxylic acids is 3. The molecular formula is C27H28ClN3O5. The molecule has 188 valence electrons. The predicted molar refractivity (Wildman–Crippen MR) is 138 cm³/mol. The average molecular weight is 510 g/mol. The molecule has 0 aliphatic carbocycles. The summed E-state index contributed by atoms with van der Waals surface area (Å²) in [6.07, 6.45) is 1.17. The van der Waals surface area contributed by atoms with Crippen molar-refractivity contribution < 1.29 is 23.5 Å². The summed E-state index contributed by atoms with van der Waals surface area (Å²) >= 11 is 5.95. The minimum absolute atomic E-state index is 0.181. The molecule has 2 N–H and O–H groups in total. The first-order chi connectivity index (χ1) is 17.1. The molecule has 1 unspecified atom stereocenters. The van der Waals surface area contributed by atoms with E-state index in [0.717, 1.165) is 5.56 Å². The number of amides is 2. The number of benzene rings is 2. The Morgan fingerprint density at radius 1 is 0.972 bits per heavy atom. The monoisotopic (exact) mass is 509 g/mol. The number of halogens is 1. The Hall–Kier alpha value is -3.91. The maximum Gasteiger partial charge on any atom is 0.338 e. The van der Waals surface area contributed by atoms with Crippen LogP contribution in [0.2, 0.25) is 5.02 Å². The van der Waals surface area contributed by atoms with E-state index < -0.39 is 17.9 Å². The van der Waals surface area contributed by atoms with Crippen LogP contribution in [0, 0.1) is 5.92 Å². The highest BCUT2D eigenvalue weighted by Gasteiger charge is 2.24. The van der Waals surface area contributed by atoms with Crippen LogP contribution in [-0.4, -0.2) is 36.1 Å². The lowest BCUT2D eigenvalue weighted by atomic mass is 10.0. The number of ether oxygens (including phenoxy) is 1. The van der Waals surface area contributed by atoms with Gasteiger partial charge in [-0.3, -0.25) is 9.59 Å². The van der Waals surface area contributed by atoms with E-state index in [9.17, 15) is 14.4 Å². The van der Waals surface area contributed by atoms with Gasteiger partial charge in [-0.1, -0.05) is 43.6 Å². The molecule has 8 nitrogen and oxygen atoms in total. The van der Waals surface area contributed by atoms with Gasteiger partial charge in [-0.05, 0) is 62.2 Å². The van der Waals surface area contributed by atoms with E-state index in [-0.39, 0.29) is 18.0 Å². The Balaban J connectivity index is 1.60. The lowest BCUT2D eigenvalue weighted by Crippen LogP contribution is -2.48.